The maximum atomic E-state index is 12.5. The van der Waals surface area contributed by atoms with Crippen LogP contribution in [0.4, 0.5) is 5.69 Å². The third kappa shape index (κ3) is 3.71. The zero-order valence-corrected chi connectivity index (χ0v) is 14.2. The topological polar surface area (TPSA) is 63.5 Å². The van der Waals surface area contributed by atoms with Gasteiger partial charge >= 0.3 is 0 Å². The second-order valence-electron chi connectivity index (χ2n) is 7.02. The Balaban J connectivity index is 1.38. The van der Waals surface area contributed by atoms with E-state index in [0.29, 0.717) is 11.7 Å². The largest absolute Gasteiger partial charge is 0.488 e. The molecule has 1 amide bonds. The summed E-state index contributed by atoms with van der Waals surface area (Å²) < 4.78 is 7.94. The van der Waals surface area contributed by atoms with Gasteiger partial charge in [-0.05, 0) is 68.5 Å². The maximum Gasteiger partial charge on any atom is 0.272 e. The first-order valence-corrected chi connectivity index (χ1v) is 9.14. The summed E-state index contributed by atoms with van der Waals surface area (Å²) in [5.41, 5.74) is 1.44. The number of aliphatic hydroxyl groups is 1. The van der Waals surface area contributed by atoms with Crippen LogP contribution >= 0.6 is 0 Å². The van der Waals surface area contributed by atoms with Gasteiger partial charge in [0.25, 0.3) is 5.91 Å². The molecule has 5 heteroatoms. The molecule has 2 atom stereocenters. The van der Waals surface area contributed by atoms with Crippen molar-refractivity contribution in [2.75, 3.05) is 5.32 Å². The second-order valence-corrected chi connectivity index (χ2v) is 7.02. The summed E-state index contributed by atoms with van der Waals surface area (Å²) in [7, 11) is 0. The molecule has 1 aromatic carbocycles. The van der Waals surface area contributed by atoms with E-state index in [-0.39, 0.29) is 18.1 Å². The van der Waals surface area contributed by atoms with Crippen LogP contribution in [0.5, 0.6) is 5.75 Å². The van der Waals surface area contributed by atoms with E-state index < -0.39 is 0 Å². The summed E-state index contributed by atoms with van der Waals surface area (Å²) >= 11 is 0. The normalized spacial score (nSPS) is 23.2. The van der Waals surface area contributed by atoms with Crippen LogP contribution < -0.4 is 10.1 Å². The van der Waals surface area contributed by atoms with Gasteiger partial charge in [-0.15, -0.1) is 0 Å². The molecule has 1 heterocycles. The highest BCUT2D eigenvalue weighted by molar-refractivity contribution is 6.03. The average molecular weight is 340 g/mol. The van der Waals surface area contributed by atoms with Crippen LogP contribution in [0.3, 0.4) is 0 Å². The van der Waals surface area contributed by atoms with Gasteiger partial charge in [0.15, 0.2) is 0 Å². The number of aromatic nitrogens is 1. The number of aliphatic hydroxyl groups excluding tert-OH is 1. The van der Waals surface area contributed by atoms with Crippen molar-refractivity contribution in [3.05, 3.63) is 48.3 Å². The van der Waals surface area contributed by atoms with Crippen molar-refractivity contribution < 1.29 is 14.6 Å². The highest BCUT2D eigenvalue weighted by Crippen LogP contribution is 2.36. The van der Waals surface area contributed by atoms with Crippen LogP contribution in [-0.2, 0) is 0 Å². The molecule has 2 unspecified atom stereocenters. The predicted octanol–water partition coefficient (Wildman–Crippen LogP) is 3.76. The molecule has 2 aliphatic carbocycles. The summed E-state index contributed by atoms with van der Waals surface area (Å²) in [6, 6.07) is 11.6. The quantitative estimate of drug-likeness (QED) is 0.871. The molecule has 2 saturated carbocycles. The Morgan fingerprint density at radius 2 is 1.84 bits per heavy atom. The number of anilines is 1. The lowest BCUT2D eigenvalue weighted by Gasteiger charge is -2.28. The van der Waals surface area contributed by atoms with Gasteiger partial charge < -0.3 is 19.7 Å². The van der Waals surface area contributed by atoms with E-state index in [0.717, 1.165) is 50.0 Å². The van der Waals surface area contributed by atoms with E-state index in [1.54, 1.807) is 0 Å². The Hall–Kier alpha value is -2.27. The molecule has 0 spiro atoms. The Morgan fingerprint density at radius 3 is 2.56 bits per heavy atom. The van der Waals surface area contributed by atoms with Crippen LogP contribution in [0.1, 0.15) is 55.1 Å². The standard InChI is InChI=1S/C20H24N2O3/c23-18-5-1-2-6-19(18)25-16-11-7-14(8-12-16)21-20(24)17-4-3-13-22(17)15-9-10-15/h3-4,7-8,11-13,15,18-19,23H,1-2,5-6,9-10H2,(H,21,24). The molecule has 5 nitrogen and oxygen atoms in total. The number of nitrogens with zero attached hydrogens (tertiary/aromatic N) is 1. The monoisotopic (exact) mass is 340 g/mol. The first kappa shape index (κ1) is 16.2. The summed E-state index contributed by atoms with van der Waals surface area (Å²) in [4.78, 5) is 12.5. The number of hydrogen-bond donors (Lipinski definition) is 2. The minimum atomic E-state index is -0.386. The number of carbonyl (C=O) groups excluding carboxylic acids is 1. The first-order valence-electron chi connectivity index (χ1n) is 9.14. The summed E-state index contributed by atoms with van der Waals surface area (Å²) in [5, 5.41) is 12.9. The summed E-state index contributed by atoms with van der Waals surface area (Å²) in [6.07, 6.45) is 7.60. The lowest BCUT2D eigenvalue weighted by atomic mass is 9.95. The van der Waals surface area contributed by atoms with Gasteiger partial charge in [-0.25, -0.2) is 0 Å². The van der Waals surface area contributed by atoms with Crippen LogP contribution in [0, 0.1) is 0 Å². The Kier molecular flexibility index (Phi) is 4.49. The molecule has 0 radical (unpaired) electrons. The molecule has 1 aromatic heterocycles. The van der Waals surface area contributed by atoms with Gasteiger partial charge in [-0.1, -0.05) is 6.42 Å². The van der Waals surface area contributed by atoms with Crippen LogP contribution in [-0.4, -0.2) is 27.8 Å². The SMILES string of the molecule is O=C(Nc1ccc(OC2CCCCC2O)cc1)c1cccn1C1CC1. The fraction of sp³-hybridized carbons (Fsp3) is 0.450. The molecule has 0 bridgehead atoms. The molecular formula is C20H24N2O3. The van der Waals surface area contributed by atoms with Gasteiger partial charge in [-0.2, -0.15) is 0 Å². The molecule has 2 aliphatic rings. The van der Waals surface area contributed by atoms with Crippen LogP contribution in [0.25, 0.3) is 0 Å². The Morgan fingerprint density at radius 1 is 1.08 bits per heavy atom. The highest BCUT2D eigenvalue weighted by atomic mass is 16.5. The zero-order chi connectivity index (χ0) is 17.2. The van der Waals surface area contributed by atoms with Crippen molar-refractivity contribution in [1.29, 1.82) is 0 Å². The number of carbonyl (C=O) groups is 1. The molecule has 4 rings (SSSR count). The van der Waals surface area contributed by atoms with Gasteiger partial charge in [0.2, 0.25) is 0 Å². The molecule has 2 N–H and O–H groups in total. The smallest absolute Gasteiger partial charge is 0.272 e. The van der Waals surface area contributed by atoms with Crippen molar-refractivity contribution >= 4 is 11.6 Å². The molecule has 2 fully saturated rings. The molecule has 0 saturated heterocycles. The van der Waals surface area contributed by atoms with E-state index in [9.17, 15) is 9.90 Å². The minimum Gasteiger partial charge on any atom is -0.488 e. The zero-order valence-electron chi connectivity index (χ0n) is 14.2. The first-order chi connectivity index (χ1) is 12.2. The van der Waals surface area contributed by atoms with E-state index >= 15 is 0 Å². The van der Waals surface area contributed by atoms with E-state index in [1.807, 2.05) is 42.6 Å². The van der Waals surface area contributed by atoms with Gasteiger partial charge in [0.1, 0.15) is 17.5 Å². The molecular weight excluding hydrogens is 316 g/mol. The average Bonchev–Trinajstić information content (AvgIpc) is 3.35. The minimum absolute atomic E-state index is 0.0896. The molecule has 25 heavy (non-hydrogen) atoms. The number of benzene rings is 1. The fourth-order valence-electron chi connectivity index (χ4n) is 3.46. The van der Waals surface area contributed by atoms with Crippen molar-refractivity contribution in [2.24, 2.45) is 0 Å². The maximum absolute atomic E-state index is 12.5. The van der Waals surface area contributed by atoms with Crippen LogP contribution in [0.15, 0.2) is 42.6 Å². The van der Waals surface area contributed by atoms with Gasteiger partial charge in [0, 0.05) is 17.9 Å². The number of amides is 1. The van der Waals surface area contributed by atoms with Crippen molar-refractivity contribution in [3.63, 3.8) is 0 Å². The number of ether oxygens (including phenoxy) is 1. The third-order valence-corrected chi connectivity index (χ3v) is 5.02. The fourth-order valence-corrected chi connectivity index (χ4v) is 3.46. The van der Waals surface area contributed by atoms with E-state index in [4.69, 9.17) is 4.74 Å². The van der Waals surface area contributed by atoms with Crippen molar-refractivity contribution in [1.82, 2.24) is 4.57 Å². The van der Waals surface area contributed by atoms with Gasteiger partial charge in [0.05, 0.1) is 6.10 Å². The Bertz CT molecular complexity index is 734. The van der Waals surface area contributed by atoms with Crippen molar-refractivity contribution in [2.45, 2.75) is 56.8 Å². The number of nitrogens with one attached hydrogen (secondary N) is 1. The number of hydrogen-bond acceptors (Lipinski definition) is 3. The predicted molar refractivity (Wildman–Crippen MR) is 96.0 cm³/mol. The molecule has 2 aromatic rings. The lowest BCUT2D eigenvalue weighted by Crippen LogP contribution is -2.34. The summed E-state index contributed by atoms with van der Waals surface area (Å²) in [5.74, 6) is 0.638. The lowest BCUT2D eigenvalue weighted by molar-refractivity contribution is 0.00688. The third-order valence-electron chi connectivity index (χ3n) is 5.02. The van der Waals surface area contributed by atoms with Crippen molar-refractivity contribution in [3.8, 4) is 5.75 Å². The highest BCUT2D eigenvalue weighted by Gasteiger charge is 2.27. The molecule has 132 valence electrons. The van der Waals surface area contributed by atoms with Crippen LogP contribution in [0.2, 0.25) is 0 Å². The van der Waals surface area contributed by atoms with E-state index in [2.05, 4.69) is 9.88 Å². The number of rotatable bonds is 5. The second kappa shape index (κ2) is 6.92. The Labute approximate surface area is 147 Å². The summed E-state index contributed by atoms with van der Waals surface area (Å²) in [6.45, 7) is 0. The van der Waals surface area contributed by atoms with Gasteiger partial charge in [-0.3, -0.25) is 4.79 Å². The molecule has 0 aliphatic heterocycles. The van der Waals surface area contributed by atoms with E-state index in [1.165, 1.54) is 0 Å².